The van der Waals surface area contributed by atoms with E-state index in [1.807, 2.05) is 19.0 Å². The highest BCUT2D eigenvalue weighted by molar-refractivity contribution is 7.92. The van der Waals surface area contributed by atoms with Gasteiger partial charge in [0.2, 0.25) is 5.88 Å². The minimum atomic E-state index is -4.87. The second kappa shape index (κ2) is 11.7. The van der Waals surface area contributed by atoms with Crippen molar-refractivity contribution in [1.29, 1.82) is 0 Å². The number of para-hydroxylation sites is 1. The van der Waals surface area contributed by atoms with Gasteiger partial charge in [0.15, 0.2) is 0 Å². The zero-order chi connectivity index (χ0) is 28.2. The number of fused-ring (bicyclic) bond motifs is 1. The van der Waals surface area contributed by atoms with Gasteiger partial charge < -0.3 is 14.4 Å². The lowest BCUT2D eigenvalue weighted by atomic mass is 10.2. The number of nitrogens with zero attached hydrogens (tertiary/aromatic N) is 2. The van der Waals surface area contributed by atoms with Crippen LogP contribution in [0.1, 0.15) is 11.1 Å². The molecule has 3 aromatic carbocycles. The van der Waals surface area contributed by atoms with E-state index < -0.39 is 26.7 Å². The predicted octanol–water partition coefficient (Wildman–Crippen LogP) is 6.23. The number of pyridine rings is 1. The maximum Gasteiger partial charge on any atom is 0.417 e. The first-order chi connectivity index (χ1) is 18.4. The molecule has 0 aliphatic rings. The van der Waals surface area contributed by atoms with Crippen molar-refractivity contribution in [2.24, 2.45) is 0 Å². The van der Waals surface area contributed by atoms with Crippen LogP contribution in [0.5, 0.6) is 11.6 Å². The van der Waals surface area contributed by atoms with Gasteiger partial charge in [-0.25, -0.2) is 13.4 Å². The van der Waals surface area contributed by atoms with Gasteiger partial charge in [0.05, 0.1) is 21.0 Å². The third-order valence-corrected chi connectivity index (χ3v) is 7.32. The van der Waals surface area contributed by atoms with E-state index in [0.717, 1.165) is 12.1 Å². The quantitative estimate of drug-likeness (QED) is 0.240. The van der Waals surface area contributed by atoms with Gasteiger partial charge in [0, 0.05) is 11.9 Å². The Labute approximate surface area is 229 Å². The van der Waals surface area contributed by atoms with Crippen LogP contribution in [0.15, 0.2) is 77.7 Å². The summed E-state index contributed by atoms with van der Waals surface area (Å²) in [5.74, 6) is 0.350. The van der Waals surface area contributed by atoms with Gasteiger partial charge in [-0.2, -0.15) is 13.2 Å². The third kappa shape index (κ3) is 7.11. The van der Waals surface area contributed by atoms with E-state index in [2.05, 4.69) is 9.71 Å². The van der Waals surface area contributed by atoms with Crippen molar-refractivity contribution >= 4 is 38.2 Å². The van der Waals surface area contributed by atoms with E-state index in [9.17, 15) is 21.6 Å². The molecule has 12 heteroatoms. The molecule has 39 heavy (non-hydrogen) atoms. The molecule has 7 nitrogen and oxygen atoms in total. The highest BCUT2D eigenvalue weighted by atomic mass is 35.5. The standard InChI is InChI=1S/C27H25ClF3N3O4S/c1-34(2)13-14-37-24-15-18(11-12-21(24)28)17-38-26-23(16-19-7-3-5-9-22(19)32-26)33-39(35,36)25-10-6-4-8-20(25)27(29,30)31/h3-12,15-16,33H,13-14,17H2,1-2H3. The molecular weight excluding hydrogens is 555 g/mol. The van der Waals surface area contributed by atoms with Gasteiger partial charge in [-0.1, -0.05) is 48.0 Å². The molecular formula is C27H25ClF3N3O4S. The molecule has 0 amide bonds. The lowest BCUT2D eigenvalue weighted by Gasteiger charge is -2.17. The molecule has 0 bridgehead atoms. The summed E-state index contributed by atoms with van der Waals surface area (Å²) in [6.45, 7) is 1.05. The van der Waals surface area contributed by atoms with Crippen molar-refractivity contribution in [3.05, 3.63) is 88.9 Å². The van der Waals surface area contributed by atoms with E-state index in [1.165, 1.54) is 12.1 Å². The van der Waals surface area contributed by atoms with Crippen molar-refractivity contribution < 1.29 is 31.1 Å². The fourth-order valence-electron chi connectivity index (χ4n) is 3.65. The van der Waals surface area contributed by atoms with Crippen LogP contribution in [0.25, 0.3) is 10.9 Å². The Morgan fingerprint density at radius 3 is 2.44 bits per heavy atom. The molecule has 0 atom stereocenters. The van der Waals surface area contributed by atoms with E-state index in [4.69, 9.17) is 21.1 Å². The Morgan fingerprint density at radius 1 is 0.974 bits per heavy atom. The summed E-state index contributed by atoms with van der Waals surface area (Å²) in [4.78, 5) is 5.47. The average molecular weight is 580 g/mol. The van der Waals surface area contributed by atoms with Crippen molar-refractivity contribution in [2.45, 2.75) is 17.7 Å². The first kappa shape index (κ1) is 28.5. The monoisotopic (exact) mass is 579 g/mol. The summed E-state index contributed by atoms with van der Waals surface area (Å²) in [7, 11) is -0.830. The van der Waals surface area contributed by atoms with Crippen LogP contribution in [-0.2, 0) is 22.8 Å². The predicted molar refractivity (Wildman–Crippen MR) is 144 cm³/mol. The molecule has 0 aliphatic carbocycles. The molecule has 1 aromatic heterocycles. The van der Waals surface area contributed by atoms with E-state index in [-0.39, 0.29) is 18.2 Å². The zero-order valence-electron chi connectivity index (χ0n) is 21.0. The molecule has 1 N–H and O–H groups in total. The Bertz CT molecular complexity index is 1580. The number of anilines is 1. The highest BCUT2D eigenvalue weighted by Gasteiger charge is 2.37. The minimum absolute atomic E-state index is 0.0413. The molecule has 206 valence electrons. The number of aromatic nitrogens is 1. The molecule has 0 saturated heterocycles. The van der Waals surface area contributed by atoms with E-state index in [1.54, 1.807) is 42.5 Å². The number of benzene rings is 3. The van der Waals surface area contributed by atoms with Crippen LogP contribution in [0.2, 0.25) is 5.02 Å². The van der Waals surface area contributed by atoms with Crippen molar-refractivity contribution in [3.8, 4) is 11.6 Å². The second-order valence-electron chi connectivity index (χ2n) is 8.84. The van der Waals surface area contributed by atoms with Gasteiger partial charge in [-0.3, -0.25) is 4.72 Å². The number of nitrogens with one attached hydrogen (secondary N) is 1. The second-order valence-corrected chi connectivity index (χ2v) is 10.9. The molecule has 0 radical (unpaired) electrons. The number of hydrogen-bond acceptors (Lipinski definition) is 6. The fourth-order valence-corrected chi connectivity index (χ4v) is 5.10. The number of sulfonamides is 1. The minimum Gasteiger partial charge on any atom is -0.491 e. The van der Waals surface area contributed by atoms with E-state index >= 15 is 0 Å². The largest absolute Gasteiger partial charge is 0.491 e. The number of likely N-dealkylation sites (N-methyl/N-ethyl adjacent to an activating group) is 1. The summed E-state index contributed by atoms with van der Waals surface area (Å²) < 4.78 is 80.8. The summed E-state index contributed by atoms with van der Waals surface area (Å²) in [6, 6.07) is 17.4. The van der Waals surface area contributed by atoms with Crippen LogP contribution < -0.4 is 14.2 Å². The Kier molecular flexibility index (Phi) is 8.53. The smallest absolute Gasteiger partial charge is 0.417 e. The first-order valence-electron chi connectivity index (χ1n) is 11.7. The fraction of sp³-hybridized carbons (Fsp3) is 0.222. The molecule has 4 aromatic rings. The molecule has 0 aliphatic heterocycles. The summed E-state index contributed by atoms with van der Waals surface area (Å²) in [6.07, 6.45) is -4.87. The van der Waals surface area contributed by atoms with Gasteiger partial charge in [-0.15, -0.1) is 0 Å². The molecule has 0 unspecified atom stereocenters. The van der Waals surface area contributed by atoms with Crippen LogP contribution in [0.3, 0.4) is 0 Å². The van der Waals surface area contributed by atoms with E-state index in [0.29, 0.717) is 46.5 Å². The molecule has 1 heterocycles. The number of ether oxygens (including phenoxy) is 2. The lowest BCUT2D eigenvalue weighted by Crippen LogP contribution is -2.19. The Balaban J connectivity index is 1.64. The average Bonchev–Trinajstić information content (AvgIpc) is 2.88. The normalized spacial score (nSPS) is 12.1. The maximum absolute atomic E-state index is 13.5. The molecule has 0 spiro atoms. The third-order valence-electron chi connectivity index (χ3n) is 5.58. The zero-order valence-corrected chi connectivity index (χ0v) is 22.6. The number of alkyl halides is 3. The van der Waals surface area contributed by atoms with Crippen LogP contribution in [-0.4, -0.2) is 45.5 Å². The summed E-state index contributed by atoms with van der Waals surface area (Å²) >= 11 is 6.25. The van der Waals surface area contributed by atoms with Crippen molar-refractivity contribution in [3.63, 3.8) is 0 Å². The van der Waals surface area contributed by atoms with Gasteiger partial charge in [0.25, 0.3) is 10.0 Å². The topological polar surface area (TPSA) is 80.8 Å². The summed E-state index contributed by atoms with van der Waals surface area (Å²) in [5.41, 5.74) is -0.223. The summed E-state index contributed by atoms with van der Waals surface area (Å²) in [5, 5.41) is 0.979. The molecule has 0 fully saturated rings. The molecule has 0 saturated carbocycles. The SMILES string of the molecule is CN(C)CCOc1cc(COc2nc3ccccc3cc2NS(=O)(=O)c2ccccc2C(F)(F)F)ccc1Cl. The van der Waals surface area contributed by atoms with Crippen molar-refractivity contribution in [2.75, 3.05) is 32.0 Å². The van der Waals surface area contributed by atoms with Gasteiger partial charge >= 0.3 is 6.18 Å². The number of halogens is 4. The Morgan fingerprint density at radius 2 is 1.69 bits per heavy atom. The van der Waals surface area contributed by atoms with Crippen LogP contribution in [0, 0.1) is 0 Å². The Hall–Kier alpha value is -3.54. The maximum atomic E-state index is 13.5. The first-order valence-corrected chi connectivity index (χ1v) is 13.6. The van der Waals surface area contributed by atoms with Gasteiger partial charge in [0.1, 0.15) is 24.7 Å². The van der Waals surface area contributed by atoms with Gasteiger partial charge in [-0.05, 0) is 56.1 Å². The van der Waals surface area contributed by atoms with Crippen LogP contribution >= 0.6 is 11.6 Å². The number of rotatable bonds is 10. The number of hydrogen-bond donors (Lipinski definition) is 1. The van der Waals surface area contributed by atoms with Crippen molar-refractivity contribution in [1.82, 2.24) is 9.88 Å². The highest BCUT2D eigenvalue weighted by Crippen LogP contribution is 2.36. The molecule has 4 rings (SSSR count). The lowest BCUT2D eigenvalue weighted by molar-refractivity contribution is -0.139. The van der Waals surface area contributed by atoms with Crippen LogP contribution in [0.4, 0.5) is 18.9 Å².